The minimum absolute atomic E-state index is 0.0388. The molecule has 2 rings (SSSR count). The second kappa shape index (κ2) is 8.25. The summed E-state index contributed by atoms with van der Waals surface area (Å²) >= 11 is 1.02. The summed E-state index contributed by atoms with van der Waals surface area (Å²) in [5.74, 6) is 0.945. The average molecular weight is 361 g/mol. The summed E-state index contributed by atoms with van der Waals surface area (Å²) in [7, 11) is 6.52. The van der Waals surface area contributed by atoms with Gasteiger partial charge in [-0.1, -0.05) is 19.1 Å². The molecule has 0 N–H and O–H groups in total. The van der Waals surface area contributed by atoms with Gasteiger partial charge in [-0.2, -0.15) is 0 Å². The topological polar surface area (TPSA) is 55.8 Å². The summed E-state index contributed by atoms with van der Waals surface area (Å²) in [5, 5.41) is -0.146. The molecule has 0 aliphatic heterocycles. The highest BCUT2D eigenvalue weighted by atomic mass is 32.2. The van der Waals surface area contributed by atoms with Gasteiger partial charge in [-0.05, 0) is 36.0 Å². The summed E-state index contributed by atoms with van der Waals surface area (Å²) in [6.07, 6.45) is 5.58. The van der Waals surface area contributed by atoms with Crippen LogP contribution in [0, 0.1) is 11.8 Å². The van der Waals surface area contributed by atoms with Gasteiger partial charge in [0, 0.05) is 30.5 Å². The van der Waals surface area contributed by atoms with Gasteiger partial charge in [0.25, 0.3) is 5.24 Å². The number of methoxy groups -OCH3 is 2. The lowest BCUT2D eigenvalue weighted by Crippen LogP contribution is -2.25. The van der Waals surface area contributed by atoms with Crippen LogP contribution in [0.15, 0.2) is 47.1 Å². The number of carbonyl (C=O) groups excluding carboxylic acids is 2. The quantitative estimate of drug-likeness (QED) is 0.586. The molecule has 1 aliphatic rings. The van der Waals surface area contributed by atoms with Crippen LogP contribution in [0.2, 0.25) is 0 Å². The van der Waals surface area contributed by atoms with Crippen molar-refractivity contribution in [3.63, 3.8) is 0 Å². The molecule has 1 aromatic carbocycles. The zero-order valence-electron chi connectivity index (χ0n) is 15.1. The molecule has 0 saturated heterocycles. The van der Waals surface area contributed by atoms with Crippen molar-refractivity contribution in [3.05, 3.63) is 47.7 Å². The van der Waals surface area contributed by atoms with E-state index in [1.165, 1.54) is 4.90 Å². The lowest BCUT2D eigenvalue weighted by atomic mass is 9.82. The van der Waals surface area contributed by atoms with Crippen LogP contribution in [0.4, 0.5) is 4.79 Å². The monoisotopic (exact) mass is 361 g/mol. The molecular weight excluding hydrogens is 338 g/mol. The number of hydrogen-bond donors (Lipinski definition) is 0. The van der Waals surface area contributed by atoms with Gasteiger partial charge >= 0.3 is 0 Å². The molecule has 0 bridgehead atoms. The van der Waals surface area contributed by atoms with Gasteiger partial charge < -0.3 is 14.4 Å². The number of hydrogen-bond acceptors (Lipinski definition) is 5. The van der Waals surface area contributed by atoms with E-state index in [4.69, 9.17) is 9.47 Å². The number of benzene rings is 1. The summed E-state index contributed by atoms with van der Waals surface area (Å²) in [5.41, 5.74) is 0.514. The maximum Gasteiger partial charge on any atom is 0.285 e. The van der Waals surface area contributed by atoms with Gasteiger partial charge in [-0.25, -0.2) is 0 Å². The molecule has 2 unspecified atom stereocenters. The van der Waals surface area contributed by atoms with Crippen molar-refractivity contribution in [2.45, 2.75) is 11.8 Å². The number of amides is 1. The van der Waals surface area contributed by atoms with Gasteiger partial charge in [0.1, 0.15) is 5.75 Å². The molecule has 0 aromatic heterocycles. The molecule has 134 valence electrons. The van der Waals surface area contributed by atoms with E-state index in [0.717, 1.165) is 17.5 Å². The Hall–Kier alpha value is -2.21. The Balaban J connectivity index is 2.37. The Kier molecular flexibility index (Phi) is 6.31. The molecule has 1 aliphatic carbocycles. The van der Waals surface area contributed by atoms with Crippen molar-refractivity contribution >= 4 is 22.8 Å². The zero-order valence-corrected chi connectivity index (χ0v) is 15.9. The second-order valence-electron chi connectivity index (χ2n) is 5.96. The van der Waals surface area contributed by atoms with Crippen LogP contribution in [0.3, 0.4) is 0 Å². The van der Waals surface area contributed by atoms with E-state index in [-0.39, 0.29) is 22.9 Å². The van der Waals surface area contributed by atoms with Crippen LogP contribution in [0.5, 0.6) is 5.75 Å². The Labute approximate surface area is 152 Å². The normalized spacial score (nSPS) is 19.2. The molecule has 0 spiro atoms. The molecule has 25 heavy (non-hydrogen) atoms. The fourth-order valence-corrected chi connectivity index (χ4v) is 3.44. The molecular formula is C19H23NO4S. The molecule has 1 amide bonds. The fraction of sp³-hybridized carbons (Fsp3) is 0.368. The first-order chi connectivity index (χ1) is 11.9. The molecule has 5 nitrogen and oxygen atoms in total. The van der Waals surface area contributed by atoms with Gasteiger partial charge in [0.15, 0.2) is 5.78 Å². The lowest BCUT2D eigenvalue weighted by Gasteiger charge is -2.25. The molecule has 0 fully saturated rings. The average Bonchev–Trinajstić information content (AvgIpc) is 2.61. The largest absolute Gasteiger partial charge is 0.501 e. The number of carbonyl (C=O) groups is 2. The van der Waals surface area contributed by atoms with Crippen LogP contribution in [-0.4, -0.2) is 44.2 Å². The molecule has 0 heterocycles. The maximum absolute atomic E-state index is 13.1. The highest BCUT2D eigenvalue weighted by molar-refractivity contribution is 8.13. The second-order valence-corrected chi connectivity index (χ2v) is 6.95. The van der Waals surface area contributed by atoms with Crippen molar-refractivity contribution in [1.82, 2.24) is 4.90 Å². The van der Waals surface area contributed by atoms with Gasteiger partial charge in [0.2, 0.25) is 0 Å². The smallest absolute Gasteiger partial charge is 0.285 e. The Morgan fingerprint density at radius 1 is 1.16 bits per heavy atom. The van der Waals surface area contributed by atoms with Crippen LogP contribution in [-0.2, 0) is 4.74 Å². The number of nitrogens with zero attached hydrogens (tertiary/aromatic N) is 1. The standard InChI is InChI=1S/C19H23NO4S/c1-12-14(7-6-8-16(12)24-5)18(21)15-10-9-13(23-4)11-17(15)25-19(22)20(2)3/h6-12,14H,1-5H3. The summed E-state index contributed by atoms with van der Waals surface area (Å²) in [4.78, 5) is 27.3. The Morgan fingerprint density at radius 2 is 1.88 bits per heavy atom. The molecule has 1 aromatic rings. The van der Waals surface area contributed by atoms with E-state index in [1.54, 1.807) is 46.5 Å². The number of ketones is 1. The van der Waals surface area contributed by atoms with Crippen LogP contribution >= 0.6 is 11.8 Å². The minimum Gasteiger partial charge on any atom is -0.501 e. The number of Topliss-reactive ketones (excluding diaryl/α,β-unsaturated/α-hetero) is 1. The van der Waals surface area contributed by atoms with Crippen molar-refractivity contribution in [3.8, 4) is 5.75 Å². The number of ether oxygens (including phenoxy) is 2. The van der Waals surface area contributed by atoms with E-state index < -0.39 is 0 Å². The molecule has 6 heteroatoms. The Bertz CT molecular complexity index is 724. The third-order valence-electron chi connectivity index (χ3n) is 4.12. The summed E-state index contributed by atoms with van der Waals surface area (Å²) in [6.45, 7) is 1.96. The number of thioether (sulfide) groups is 1. The van der Waals surface area contributed by atoms with E-state index >= 15 is 0 Å². The highest BCUT2D eigenvalue weighted by Crippen LogP contribution is 2.34. The molecule has 0 radical (unpaired) electrons. The zero-order chi connectivity index (χ0) is 18.6. The van der Waals surface area contributed by atoms with Crippen molar-refractivity contribution in [2.24, 2.45) is 11.8 Å². The predicted octanol–water partition coefficient (Wildman–Crippen LogP) is 4.00. The van der Waals surface area contributed by atoms with E-state index in [1.807, 2.05) is 25.2 Å². The third kappa shape index (κ3) is 4.25. The number of rotatable bonds is 5. The lowest BCUT2D eigenvalue weighted by molar-refractivity contribution is 0.0896. The first-order valence-corrected chi connectivity index (χ1v) is 8.74. The molecule has 0 saturated carbocycles. The predicted molar refractivity (Wildman–Crippen MR) is 99.2 cm³/mol. The Morgan fingerprint density at radius 3 is 2.48 bits per heavy atom. The summed E-state index contributed by atoms with van der Waals surface area (Å²) in [6, 6.07) is 5.18. The first-order valence-electron chi connectivity index (χ1n) is 7.92. The van der Waals surface area contributed by atoms with Gasteiger partial charge in [-0.3, -0.25) is 9.59 Å². The van der Waals surface area contributed by atoms with Gasteiger partial charge in [-0.15, -0.1) is 0 Å². The van der Waals surface area contributed by atoms with Crippen molar-refractivity contribution < 1.29 is 19.1 Å². The summed E-state index contributed by atoms with van der Waals surface area (Å²) < 4.78 is 10.6. The highest BCUT2D eigenvalue weighted by Gasteiger charge is 2.30. The van der Waals surface area contributed by atoms with Crippen molar-refractivity contribution in [2.75, 3.05) is 28.3 Å². The van der Waals surface area contributed by atoms with Gasteiger partial charge in [0.05, 0.1) is 25.9 Å². The maximum atomic E-state index is 13.1. The fourth-order valence-electron chi connectivity index (χ4n) is 2.62. The van der Waals surface area contributed by atoms with Crippen LogP contribution < -0.4 is 4.74 Å². The van der Waals surface area contributed by atoms with Crippen LogP contribution in [0.1, 0.15) is 17.3 Å². The third-order valence-corrected chi connectivity index (χ3v) is 5.22. The van der Waals surface area contributed by atoms with E-state index in [0.29, 0.717) is 16.2 Å². The number of allylic oxidation sites excluding steroid dienone is 4. The molecule has 2 atom stereocenters. The van der Waals surface area contributed by atoms with E-state index in [2.05, 4.69) is 0 Å². The van der Waals surface area contributed by atoms with Crippen molar-refractivity contribution in [1.29, 1.82) is 0 Å². The van der Waals surface area contributed by atoms with Crippen LogP contribution in [0.25, 0.3) is 0 Å². The van der Waals surface area contributed by atoms with E-state index in [9.17, 15) is 9.59 Å². The minimum atomic E-state index is -0.331. The SMILES string of the molecule is COC1=CC=CC(C(=O)c2ccc(OC)cc2SC(=O)N(C)C)C1C. The first kappa shape index (κ1) is 19.1.